The molecule has 1 atom stereocenters. The van der Waals surface area contributed by atoms with Gasteiger partial charge < -0.3 is 5.32 Å². The van der Waals surface area contributed by atoms with Gasteiger partial charge in [-0.1, -0.05) is 13.3 Å². The molecule has 0 bridgehead atoms. The summed E-state index contributed by atoms with van der Waals surface area (Å²) in [6, 6.07) is 3.09. The number of rotatable bonds is 7. The second kappa shape index (κ2) is 8.51. The fourth-order valence-corrected chi connectivity index (χ4v) is 4.60. The molecule has 3 heterocycles. The predicted octanol–water partition coefficient (Wildman–Crippen LogP) is 3.00. The monoisotopic (exact) mass is 462 g/mol. The van der Waals surface area contributed by atoms with Crippen LogP contribution in [0.15, 0.2) is 34.2 Å². The molecule has 31 heavy (non-hydrogen) atoms. The van der Waals surface area contributed by atoms with Crippen LogP contribution in [0.3, 0.4) is 0 Å². The van der Waals surface area contributed by atoms with Crippen LogP contribution in [0.5, 0.6) is 0 Å². The van der Waals surface area contributed by atoms with Gasteiger partial charge in [-0.25, -0.2) is 18.4 Å². The van der Waals surface area contributed by atoms with Crippen molar-refractivity contribution < 1.29 is 8.42 Å². The molecule has 0 spiro atoms. The molecule has 11 heteroatoms. The highest BCUT2D eigenvalue weighted by Gasteiger charge is 2.28. The van der Waals surface area contributed by atoms with Crippen molar-refractivity contribution in [1.82, 2.24) is 24.5 Å². The number of halogens is 1. The molecule has 0 radical (unpaired) electrons. The second-order valence-electron chi connectivity index (χ2n) is 7.66. The third-order valence-corrected chi connectivity index (χ3v) is 7.72. The van der Waals surface area contributed by atoms with Gasteiger partial charge in [-0.05, 0) is 49.4 Å². The van der Waals surface area contributed by atoms with Crippen molar-refractivity contribution in [2.24, 2.45) is 5.92 Å². The maximum atomic E-state index is 13.3. The van der Waals surface area contributed by atoms with E-state index in [2.05, 4.69) is 25.3 Å². The molecule has 1 fully saturated rings. The minimum atomic E-state index is -3.31. The first-order chi connectivity index (χ1) is 14.8. The maximum Gasteiger partial charge on any atom is 0.295 e. The first-order valence-electron chi connectivity index (χ1n) is 10.2. The largest absolute Gasteiger partial charge is 0.360 e. The molecule has 164 valence electrons. The molecule has 3 aromatic heterocycles. The Kier molecular flexibility index (Phi) is 5.94. The number of anilines is 1. The zero-order valence-corrected chi connectivity index (χ0v) is 18.8. The van der Waals surface area contributed by atoms with Crippen LogP contribution in [-0.4, -0.2) is 38.7 Å². The normalized spacial score (nSPS) is 15.6. The number of aromatic nitrogens is 5. The SMILES string of the molecule is CCS(=O)(=O)c1ccc(CNc2nc3cnc(Cl)nc3n([C@@H](C)C3CCC3)c2=O)nc1. The zero-order valence-electron chi connectivity index (χ0n) is 17.2. The summed E-state index contributed by atoms with van der Waals surface area (Å²) in [5.41, 5.74) is 1.19. The molecule has 1 aliphatic carbocycles. The van der Waals surface area contributed by atoms with Gasteiger partial charge in [-0.15, -0.1) is 0 Å². The van der Waals surface area contributed by atoms with E-state index in [0.29, 0.717) is 22.8 Å². The van der Waals surface area contributed by atoms with Crippen molar-refractivity contribution in [1.29, 1.82) is 0 Å². The van der Waals surface area contributed by atoms with Crippen LogP contribution < -0.4 is 10.9 Å². The van der Waals surface area contributed by atoms with E-state index < -0.39 is 9.84 Å². The van der Waals surface area contributed by atoms with E-state index in [9.17, 15) is 13.2 Å². The Morgan fingerprint density at radius 3 is 2.61 bits per heavy atom. The summed E-state index contributed by atoms with van der Waals surface area (Å²) in [6.07, 6.45) is 6.12. The lowest BCUT2D eigenvalue weighted by atomic mass is 9.80. The first kappa shape index (κ1) is 21.6. The molecular formula is C20H23ClN6O3S. The Hall–Kier alpha value is -2.59. The van der Waals surface area contributed by atoms with Crippen LogP contribution in [0, 0.1) is 5.92 Å². The number of fused-ring (bicyclic) bond motifs is 1. The summed E-state index contributed by atoms with van der Waals surface area (Å²) in [7, 11) is -3.31. The number of pyridine rings is 1. The molecule has 3 aromatic rings. The molecule has 0 aromatic carbocycles. The van der Waals surface area contributed by atoms with Crippen molar-refractivity contribution in [2.45, 2.75) is 50.6 Å². The third-order valence-electron chi connectivity index (χ3n) is 5.82. The summed E-state index contributed by atoms with van der Waals surface area (Å²) in [5, 5.41) is 3.10. The lowest BCUT2D eigenvalue weighted by Crippen LogP contribution is -2.33. The van der Waals surface area contributed by atoms with E-state index in [1.807, 2.05) is 6.92 Å². The van der Waals surface area contributed by atoms with Crippen molar-refractivity contribution >= 4 is 38.4 Å². The number of nitrogens with zero attached hydrogens (tertiary/aromatic N) is 5. The molecule has 0 unspecified atom stereocenters. The second-order valence-corrected chi connectivity index (χ2v) is 10.3. The number of nitrogens with one attached hydrogen (secondary N) is 1. The fourth-order valence-electron chi connectivity index (χ4n) is 3.65. The first-order valence-corrected chi connectivity index (χ1v) is 12.2. The summed E-state index contributed by atoms with van der Waals surface area (Å²) in [5.74, 6) is 0.578. The fraction of sp³-hybridized carbons (Fsp3) is 0.450. The predicted molar refractivity (Wildman–Crippen MR) is 118 cm³/mol. The molecule has 0 amide bonds. The topological polar surface area (TPSA) is 120 Å². The van der Waals surface area contributed by atoms with Crippen LogP contribution in [0.25, 0.3) is 11.2 Å². The Morgan fingerprint density at radius 1 is 1.23 bits per heavy atom. The summed E-state index contributed by atoms with van der Waals surface area (Å²) in [4.78, 5) is 30.3. The van der Waals surface area contributed by atoms with E-state index in [-0.39, 0.29) is 39.9 Å². The van der Waals surface area contributed by atoms with Crippen LogP contribution >= 0.6 is 11.6 Å². The van der Waals surface area contributed by atoms with Gasteiger partial charge in [-0.3, -0.25) is 14.3 Å². The van der Waals surface area contributed by atoms with Crippen LogP contribution in [0.2, 0.25) is 5.28 Å². The molecule has 1 N–H and O–H groups in total. The third kappa shape index (κ3) is 4.27. The van der Waals surface area contributed by atoms with E-state index >= 15 is 0 Å². The number of sulfone groups is 1. The maximum absolute atomic E-state index is 13.3. The Bertz CT molecular complexity index is 1270. The standard InChI is InChI=1S/C20H23ClN6O3S/c1-3-31(29,30)15-8-7-14(22-10-15)9-23-17-19(28)27(12(2)13-5-4-6-13)18-16(25-17)11-24-20(21)26-18/h7-8,10-13H,3-6,9H2,1-2H3,(H,23,25)/t12-/m0/s1. The molecule has 0 saturated heterocycles. The average Bonchev–Trinajstić information content (AvgIpc) is 2.71. The lowest BCUT2D eigenvalue weighted by Gasteiger charge is -2.33. The quantitative estimate of drug-likeness (QED) is 0.532. The minimum absolute atomic E-state index is 0.0120. The smallest absolute Gasteiger partial charge is 0.295 e. The highest BCUT2D eigenvalue weighted by Crippen LogP contribution is 2.36. The van der Waals surface area contributed by atoms with Crippen molar-refractivity contribution in [3.63, 3.8) is 0 Å². The van der Waals surface area contributed by atoms with Gasteiger partial charge in [0.15, 0.2) is 21.3 Å². The van der Waals surface area contributed by atoms with Crippen molar-refractivity contribution in [3.05, 3.63) is 45.9 Å². The van der Waals surface area contributed by atoms with E-state index in [4.69, 9.17) is 11.6 Å². The van der Waals surface area contributed by atoms with Gasteiger partial charge >= 0.3 is 0 Å². The van der Waals surface area contributed by atoms with Crippen LogP contribution in [0.1, 0.15) is 44.8 Å². The molecule has 0 aliphatic heterocycles. The van der Waals surface area contributed by atoms with Gasteiger partial charge in [-0.2, -0.15) is 4.98 Å². The zero-order chi connectivity index (χ0) is 22.2. The number of hydrogen-bond donors (Lipinski definition) is 1. The molecular weight excluding hydrogens is 440 g/mol. The molecule has 1 aliphatic rings. The van der Waals surface area contributed by atoms with Crippen LogP contribution in [-0.2, 0) is 16.4 Å². The Balaban J connectivity index is 1.66. The van der Waals surface area contributed by atoms with Crippen molar-refractivity contribution in [3.8, 4) is 0 Å². The number of hydrogen-bond acceptors (Lipinski definition) is 8. The highest BCUT2D eigenvalue weighted by atomic mass is 35.5. The van der Waals surface area contributed by atoms with Gasteiger partial charge in [0.1, 0.15) is 5.52 Å². The highest BCUT2D eigenvalue weighted by molar-refractivity contribution is 7.91. The molecule has 9 nitrogen and oxygen atoms in total. The Morgan fingerprint density at radius 2 is 2.00 bits per heavy atom. The van der Waals surface area contributed by atoms with E-state index in [1.165, 1.54) is 18.5 Å². The Labute approximate surface area is 184 Å². The average molecular weight is 463 g/mol. The van der Waals surface area contributed by atoms with Gasteiger partial charge in [0, 0.05) is 12.2 Å². The van der Waals surface area contributed by atoms with E-state index in [0.717, 1.165) is 19.3 Å². The minimum Gasteiger partial charge on any atom is -0.360 e. The summed E-state index contributed by atoms with van der Waals surface area (Å²) < 4.78 is 25.5. The van der Waals surface area contributed by atoms with Gasteiger partial charge in [0.05, 0.1) is 29.1 Å². The molecule has 1 saturated carbocycles. The van der Waals surface area contributed by atoms with Gasteiger partial charge in [0.25, 0.3) is 5.56 Å². The molecule has 4 rings (SSSR count). The van der Waals surface area contributed by atoms with Crippen LogP contribution in [0.4, 0.5) is 5.82 Å². The summed E-state index contributed by atoms with van der Waals surface area (Å²) >= 11 is 5.98. The van der Waals surface area contributed by atoms with Gasteiger partial charge in [0.2, 0.25) is 5.28 Å². The summed E-state index contributed by atoms with van der Waals surface area (Å²) in [6.45, 7) is 3.81. The van der Waals surface area contributed by atoms with E-state index in [1.54, 1.807) is 17.6 Å². The van der Waals surface area contributed by atoms with Crippen molar-refractivity contribution in [2.75, 3.05) is 11.1 Å². The lowest BCUT2D eigenvalue weighted by molar-refractivity contribution is 0.222.